The molecule has 2 aromatic carbocycles. The molecule has 2 rings (SSSR count). The highest BCUT2D eigenvalue weighted by molar-refractivity contribution is 7.81. The summed E-state index contributed by atoms with van der Waals surface area (Å²) in [7, 11) is 0. The van der Waals surface area contributed by atoms with Crippen LogP contribution in [-0.4, -0.2) is 24.7 Å². The zero-order chi connectivity index (χ0) is 52.2. The highest BCUT2D eigenvalue weighted by atomic mass is 32.1. The third-order valence-electron chi connectivity index (χ3n) is 15.3. The number of thiocarbonyl (C=S) groups is 1. The maximum absolute atomic E-state index is 6.72. The second-order valence-corrected chi connectivity index (χ2v) is 22.8. The average Bonchev–Trinajstić information content (AvgIpc) is 3.40. The van der Waals surface area contributed by atoms with Gasteiger partial charge in [-0.25, -0.2) is 0 Å². The number of allylic oxidation sites excluding steroid dienone is 1. The molecule has 0 N–H and O–H groups in total. The molecule has 0 amide bonds. The monoisotopic (exact) mass is 1030 g/mol. The van der Waals surface area contributed by atoms with Crippen molar-refractivity contribution in [2.45, 2.75) is 329 Å². The first kappa shape index (κ1) is 66.8. The summed E-state index contributed by atoms with van der Waals surface area (Å²) < 4.78 is 20.1. The predicted octanol–water partition coefficient (Wildman–Crippen LogP) is 23.8. The molecule has 0 bridgehead atoms. The van der Waals surface area contributed by atoms with E-state index in [4.69, 9.17) is 26.4 Å². The second-order valence-electron chi connectivity index (χ2n) is 22.4. The van der Waals surface area contributed by atoms with Crippen molar-refractivity contribution in [3.05, 3.63) is 59.2 Å². The van der Waals surface area contributed by atoms with Crippen molar-refractivity contribution in [2.24, 2.45) is 0 Å². The number of unbranched alkanes of at least 4 members (excludes halogenated alkanes) is 42. The van der Waals surface area contributed by atoms with Crippen LogP contribution in [0.5, 0.6) is 17.2 Å². The summed E-state index contributed by atoms with van der Waals surface area (Å²) >= 11 is 5.95. The molecule has 0 aliphatic rings. The summed E-state index contributed by atoms with van der Waals surface area (Å²) in [6.07, 6.45) is 67.7. The largest absolute Gasteiger partial charge is 0.490 e. The van der Waals surface area contributed by atoms with Gasteiger partial charge in [-0.2, -0.15) is 0 Å². The van der Waals surface area contributed by atoms with Gasteiger partial charge < -0.3 is 14.2 Å². The number of hydrogen-bond donors (Lipinski definition) is 0. The van der Waals surface area contributed by atoms with Gasteiger partial charge in [0.2, 0.25) is 5.75 Å². The summed E-state index contributed by atoms with van der Waals surface area (Å²) in [5, 5.41) is 0. The van der Waals surface area contributed by atoms with Crippen molar-refractivity contribution in [3.8, 4) is 17.2 Å². The molecule has 0 saturated carbocycles. The smallest absolute Gasteiger partial charge is 0.203 e. The van der Waals surface area contributed by atoms with Gasteiger partial charge >= 0.3 is 0 Å². The number of hydrogen-bond acceptors (Lipinski definition) is 4. The molecule has 0 atom stereocenters. The molecule has 0 unspecified atom stereocenters. The molecular formula is C69H120O3S. The molecule has 0 fully saturated rings. The van der Waals surface area contributed by atoms with E-state index in [1.807, 2.05) is 0 Å². The number of ether oxygens (including phenoxy) is 3. The second kappa shape index (κ2) is 51.8. The summed E-state index contributed by atoms with van der Waals surface area (Å²) in [5.41, 5.74) is 3.50. The molecule has 0 spiro atoms. The first-order valence-corrected chi connectivity index (χ1v) is 32.9. The Kier molecular flexibility index (Phi) is 47.3. The molecule has 0 aliphatic carbocycles. The first-order valence-electron chi connectivity index (χ1n) is 32.5. The molecule has 4 heteroatoms. The van der Waals surface area contributed by atoms with Crippen LogP contribution < -0.4 is 14.2 Å². The van der Waals surface area contributed by atoms with Crippen LogP contribution in [0.15, 0.2) is 42.5 Å². The van der Waals surface area contributed by atoms with Crippen molar-refractivity contribution in [2.75, 3.05) is 19.8 Å². The van der Waals surface area contributed by atoms with Gasteiger partial charge in [-0.3, -0.25) is 0 Å². The van der Waals surface area contributed by atoms with Gasteiger partial charge in [-0.1, -0.05) is 346 Å². The molecule has 0 radical (unpaired) electrons. The fourth-order valence-electron chi connectivity index (χ4n) is 10.4. The van der Waals surface area contributed by atoms with Crippen LogP contribution in [0.3, 0.4) is 0 Å². The van der Waals surface area contributed by atoms with Crippen LogP contribution >= 0.6 is 12.2 Å². The molecule has 420 valence electrons. The minimum absolute atomic E-state index is 0.691. The molecule has 0 aliphatic heterocycles. The van der Waals surface area contributed by atoms with E-state index in [-0.39, 0.29) is 0 Å². The van der Waals surface area contributed by atoms with Gasteiger partial charge in [0.15, 0.2) is 11.5 Å². The molecule has 0 heterocycles. The van der Waals surface area contributed by atoms with Crippen molar-refractivity contribution >= 4 is 23.2 Å². The normalized spacial score (nSPS) is 11.6. The standard InChI is InChI=1S/C69H120O3S/c1-5-9-12-15-18-21-24-27-30-33-36-39-42-45-48-58-70-66-61-64(54-57-68(73)65-55-52-63(51-8-4)53-56-65)62-67(71-59-49-46-43-40-37-34-31-28-25-22-19-16-13-10-6-2)69(66)72-60-50-47-44-41-38-35-32-29-26-23-20-17-14-11-7-3/h52-57,61-62H,5-51,58-60H2,1-4H3. The molecule has 0 saturated heterocycles. The topological polar surface area (TPSA) is 27.7 Å². The maximum atomic E-state index is 6.72. The van der Waals surface area contributed by atoms with Crippen LogP contribution in [0.1, 0.15) is 340 Å². The van der Waals surface area contributed by atoms with Crippen LogP contribution in [0.2, 0.25) is 0 Å². The summed E-state index contributed by atoms with van der Waals surface area (Å²) in [5.74, 6) is 2.42. The van der Waals surface area contributed by atoms with Crippen molar-refractivity contribution in [1.82, 2.24) is 0 Å². The van der Waals surface area contributed by atoms with E-state index < -0.39 is 0 Å². The Morgan fingerprint density at radius 3 is 0.904 bits per heavy atom. The van der Waals surface area contributed by atoms with E-state index in [2.05, 4.69) is 76.2 Å². The Labute approximate surface area is 460 Å². The quantitative estimate of drug-likeness (QED) is 0.0286. The summed E-state index contributed by atoms with van der Waals surface area (Å²) in [6.45, 7) is 11.2. The minimum Gasteiger partial charge on any atom is -0.490 e. The molecule has 3 nitrogen and oxygen atoms in total. The lowest BCUT2D eigenvalue weighted by atomic mass is 10.0. The zero-order valence-electron chi connectivity index (χ0n) is 49.1. The lowest BCUT2D eigenvalue weighted by Gasteiger charge is -2.18. The highest BCUT2D eigenvalue weighted by Gasteiger charge is 2.16. The minimum atomic E-state index is 0.691. The Bertz CT molecular complexity index is 1460. The zero-order valence-corrected chi connectivity index (χ0v) is 49.9. The summed E-state index contributed by atoms with van der Waals surface area (Å²) in [6, 6.07) is 13.1. The number of rotatable bonds is 56. The van der Waals surface area contributed by atoms with Crippen LogP contribution in [0, 0.1) is 0 Å². The van der Waals surface area contributed by atoms with Gasteiger partial charge in [0.05, 0.1) is 19.8 Å². The number of benzene rings is 2. The Morgan fingerprint density at radius 2 is 0.616 bits per heavy atom. The van der Waals surface area contributed by atoms with E-state index in [1.165, 1.54) is 275 Å². The fraction of sp³-hybridized carbons (Fsp3) is 0.783. The van der Waals surface area contributed by atoms with E-state index in [0.717, 1.165) is 65.3 Å². The first-order chi connectivity index (χ1) is 36.1. The summed E-state index contributed by atoms with van der Waals surface area (Å²) in [4.78, 5) is 0.845. The van der Waals surface area contributed by atoms with Gasteiger partial charge in [-0.05, 0) is 60.6 Å². The van der Waals surface area contributed by atoms with E-state index in [0.29, 0.717) is 19.8 Å². The van der Waals surface area contributed by atoms with E-state index >= 15 is 0 Å². The van der Waals surface area contributed by atoms with Crippen molar-refractivity contribution in [1.29, 1.82) is 0 Å². The van der Waals surface area contributed by atoms with E-state index in [1.54, 1.807) is 0 Å². The van der Waals surface area contributed by atoms with Crippen LogP contribution in [-0.2, 0) is 6.42 Å². The van der Waals surface area contributed by atoms with Crippen LogP contribution in [0.4, 0.5) is 0 Å². The van der Waals surface area contributed by atoms with Gasteiger partial charge in [0.1, 0.15) is 0 Å². The predicted molar refractivity (Wildman–Crippen MR) is 329 cm³/mol. The van der Waals surface area contributed by atoms with Crippen LogP contribution in [0.25, 0.3) is 6.08 Å². The Balaban J connectivity index is 1.98. The van der Waals surface area contributed by atoms with E-state index in [9.17, 15) is 0 Å². The maximum Gasteiger partial charge on any atom is 0.203 e. The Morgan fingerprint density at radius 1 is 0.342 bits per heavy atom. The number of aryl methyl sites for hydroxylation is 1. The highest BCUT2D eigenvalue weighted by Crippen LogP contribution is 2.40. The molecule has 0 aromatic heterocycles. The molecule has 73 heavy (non-hydrogen) atoms. The fourth-order valence-corrected chi connectivity index (χ4v) is 10.6. The lowest BCUT2D eigenvalue weighted by Crippen LogP contribution is -2.07. The van der Waals surface area contributed by atoms with Crippen molar-refractivity contribution < 1.29 is 14.2 Å². The molecule has 2 aromatic rings. The molecular weight excluding hydrogens is 909 g/mol. The average molecular weight is 1030 g/mol. The van der Waals surface area contributed by atoms with Gasteiger partial charge in [-0.15, -0.1) is 0 Å². The van der Waals surface area contributed by atoms with Gasteiger partial charge in [0.25, 0.3) is 0 Å². The van der Waals surface area contributed by atoms with Gasteiger partial charge in [0, 0.05) is 4.86 Å². The SMILES string of the molecule is CCCCCCCCCCCCCCCCCOc1cc(C=CC(=S)c2ccc(CCC)cc2)cc(OCCCCCCCCCCCCCCCCC)c1OCCCCCCCCCCCCCCCCC. The third-order valence-corrected chi connectivity index (χ3v) is 15.6. The van der Waals surface area contributed by atoms with Crippen molar-refractivity contribution in [3.63, 3.8) is 0 Å². The third kappa shape index (κ3) is 39.7. The Hall–Kier alpha value is -2.33. The lowest BCUT2D eigenvalue weighted by molar-refractivity contribution is 0.234.